The van der Waals surface area contributed by atoms with Crippen molar-refractivity contribution in [3.63, 3.8) is 0 Å². The van der Waals surface area contributed by atoms with Crippen LogP contribution in [0.4, 0.5) is 0 Å². The molecule has 0 saturated heterocycles. The normalized spacial score (nSPS) is 13.8. The van der Waals surface area contributed by atoms with Crippen LogP contribution >= 0.6 is 59.4 Å². The van der Waals surface area contributed by atoms with Crippen LogP contribution in [0.2, 0.25) is 0 Å². The van der Waals surface area contributed by atoms with E-state index in [9.17, 15) is 31.2 Å². The van der Waals surface area contributed by atoms with Gasteiger partial charge >= 0.3 is 47.5 Å². The van der Waals surface area contributed by atoms with Crippen LogP contribution in [-0.2, 0) is 59.3 Å². The number of esters is 3. The van der Waals surface area contributed by atoms with Crippen LogP contribution in [0.15, 0.2) is 0 Å². The van der Waals surface area contributed by atoms with Crippen molar-refractivity contribution in [2.24, 2.45) is 0 Å². The molecule has 232 valence electrons. The van der Waals surface area contributed by atoms with Gasteiger partial charge in [0.1, 0.15) is 5.38 Å². The molecule has 0 rings (SSSR count). The minimum absolute atomic E-state index is 0. The second-order valence-electron chi connectivity index (χ2n) is 6.85. The summed E-state index contributed by atoms with van der Waals surface area (Å²) < 4.78 is 73.4. The molecule has 12 nitrogen and oxygen atoms in total. The summed E-state index contributed by atoms with van der Waals surface area (Å²) in [5.41, 5.74) is 0. The molecule has 0 N–H and O–H groups in total. The van der Waals surface area contributed by atoms with Gasteiger partial charge < -0.3 is 18.8 Å². The molecule has 0 aliphatic rings. The van der Waals surface area contributed by atoms with E-state index in [1.54, 1.807) is 6.92 Å². The molecule has 39 heavy (non-hydrogen) atoms. The Balaban J connectivity index is -0.0000000933. The Morgan fingerprint density at radius 1 is 0.897 bits per heavy atom. The van der Waals surface area contributed by atoms with E-state index in [1.165, 1.54) is 28.1 Å². The zero-order valence-corrected chi connectivity index (χ0v) is 33.6. The van der Waals surface area contributed by atoms with Crippen LogP contribution in [0.1, 0.15) is 27.2 Å². The van der Waals surface area contributed by atoms with E-state index in [4.69, 9.17) is 20.4 Å². The molecule has 4 unspecified atom stereocenters. The standard InChI is InChI=1S/C7H13BrO4S.C5H10O4S.C4H7ClO2.C2H4Br2.CH4O2S.Na/c1-7(4-5-8,6(9)12-2)13(3,10)11;1-4(5(6)9-2)10(3,7)8;1-3(5)4(6)7-2;3-1-2-4;1-4(2)3;/h4-5H2,1-3H3;4H,1-3H3;3H,1-2H3;1-2H2;1H3,(H,2,3);/q;;;;;+1/p-1. The molecule has 0 aliphatic carbocycles. The number of sulfone groups is 2. The Hall–Kier alpha value is 1.15. The van der Waals surface area contributed by atoms with Crippen LogP contribution < -0.4 is 29.6 Å². The van der Waals surface area contributed by atoms with Gasteiger partial charge in [0.2, 0.25) is 0 Å². The smallest absolute Gasteiger partial charge is 0.773 e. The Morgan fingerprint density at radius 2 is 1.23 bits per heavy atom. The monoisotopic (exact) mass is 848 g/mol. The number of carbonyl (C=O) groups excluding carboxylic acids is 3. The van der Waals surface area contributed by atoms with Crippen molar-refractivity contribution >= 4 is 108 Å². The van der Waals surface area contributed by atoms with Gasteiger partial charge in [-0.3, -0.25) is 18.6 Å². The van der Waals surface area contributed by atoms with Gasteiger partial charge in [0.15, 0.2) is 29.7 Å². The van der Waals surface area contributed by atoms with Crippen LogP contribution in [0, 0.1) is 0 Å². The maximum absolute atomic E-state index is 11.3. The third-order valence-electron chi connectivity index (χ3n) is 3.78. The number of alkyl halides is 4. The van der Waals surface area contributed by atoms with E-state index >= 15 is 0 Å². The van der Waals surface area contributed by atoms with E-state index in [2.05, 4.69) is 62.0 Å². The first kappa shape index (κ1) is 52.8. The van der Waals surface area contributed by atoms with E-state index in [0.29, 0.717) is 5.33 Å². The predicted octanol–water partition coefficient (Wildman–Crippen LogP) is -0.598. The van der Waals surface area contributed by atoms with E-state index in [-0.39, 0.29) is 41.9 Å². The summed E-state index contributed by atoms with van der Waals surface area (Å²) in [4.78, 5) is 32.0. The average Bonchev–Trinajstić information content (AvgIpc) is 2.81. The fourth-order valence-corrected chi connectivity index (χ4v) is 3.79. The molecule has 0 saturated carbocycles. The Bertz CT molecular complexity index is 901. The molecule has 0 amide bonds. The molecule has 0 aliphatic heterocycles. The number of rotatable bonds is 8. The second-order valence-corrected chi connectivity index (χ2v) is 15.5. The third-order valence-corrected chi connectivity index (χ3v) is 9.70. The van der Waals surface area contributed by atoms with Crippen LogP contribution in [0.25, 0.3) is 0 Å². The molecule has 0 aromatic rings. The van der Waals surface area contributed by atoms with Crippen LogP contribution in [0.5, 0.6) is 0 Å². The zero-order chi connectivity index (χ0) is 31.9. The van der Waals surface area contributed by atoms with Crippen molar-refractivity contribution < 1.29 is 83.7 Å². The topological polar surface area (TPSA) is 187 Å². The summed E-state index contributed by atoms with van der Waals surface area (Å²) in [6, 6.07) is 0. The maximum atomic E-state index is 11.3. The van der Waals surface area contributed by atoms with Crippen molar-refractivity contribution in [1.29, 1.82) is 0 Å². The Morgan fingerprint density at radius 3 is 1.33 bits per heavy atom. The number of ether oxygens (including phenoxy) is 3. The summed E-state index contributed by atoms with van der Waals surface area (Å²) in [6.45, 7) is 4.23. The molecule has 0 radical (unpaired) electrons. The van der Waals surface area contributed by atoms with Crippen molar-refractivity contribution in [3.05, 3.63) is 0 Å². The van der Waals surface area contributed by atoms with Crippen molar-refractivity contribution in [2.75, 3.05) is 56.1 Å². The predicted molar refractivity (Wildman–Crippen MR) is 160 cm³/mol. The molecule has 20 heteroatoms. The van der Waals surface area contributed by atoms with E-state index < -0.39 is 58.1 Å². The SMILES string of the molecule is BrCCBr.COC(=O)C(C)(CCBr)S(C)(=O)=O.COC(=O)C(C)Cl.COC(=O)C(C)S(C)(=O)=O.CS(=O)[O-].[Na+]. The Kier molecular flexibility index (Phi) is 39.6. The maximum Gasteiger partial charge on any atom is 1.00 e. The Labute approximate surface area is 287 Å². The van der Waals surface area contributed by atoms with Gasteiger partial charge in [0.25, 0.3) is 0 Å². The first-order valence-corrected chi connectivity index (χ1v) is 19.1. The van der Waals surface area contributed by atoms with Crippen LogP contribution in [0.3, 0.4) is 0 Å². The molecular formula is C19H37Br3ClNaO12S3. The number of hydrogen-bond acceptors (Lipinski definition) is 12. The summed E-state index contributed by atoms with van der Waals surface area (Å²) in [5.74, 6) is -1.82. The van der Waals surface area contributed by atoms with Gasteiger partial charge in [-0.2, -0.15) is 0 Å². The second kappa shape index (κ2) is 29.2. The summed E-state index contributed by atoms with van der Waals surface area (Å²) in [5, 5.41) is 0.952. The molecule has 0 heterocycles. The fraction of sp³-hybridized carbons (Fsp3) is 0.842. The molecule has 4 atom stereocenters. The van der Waals surface area contributed by atoms with Crippen molar-refractivity contribution in [1.82, 2.24) is 0 Å². The van der Waals surface area contributed by atoms with Crippen LogP contribution in [-0.4, -0.2) is 115 Å². The van der Waals surface area contributed by atoms with E-state index in [0.717, 1.165) is 36.5 Å². The van der Waals surface area contributed by atoms with E-state index in [1.807, 2.05) is 0 Å². The molecular weight excluding hydrogens is 815 g/mol. The largest absolute Gasteiger partial charge is 1.00 e. The van der Waals surface area contributed by atoms with Gasteiger partial charge in [-0.15, -0.1) is 11.6 Å². The fourth-order valence-electron chi connectivity index (χ4n) is 1.34. The van der Waals surface area contributed by atoms with Crippen molar-refractivity contribution in [3.8, 4) is 0 Å². The van der Waals surface area contributed by atoms with Gasteiger partial charge in [0.05, 0.1) is 21.3 Å². The first-order valence-electron chi connectivity index (χ1n) is 9.97. The number of methoxy groups -OCH3 is 3. The van der Waals surface area contributed by atoms with Crippen molar-refractivity contribution in [2.45, 2.75) is 42.6 Å². The molecule has 0 spiro atoms. The summed E-state index contributed by atoms with van der Waals surface area (Å²) in [7, 11) is -3.09. The molecule has 0 aromatic heterocycles. The molecule has 0 aromatic carbocycles. The minimum atomic E-state index is -3.44. The van der Waals surface area contributed by atoms with Gasteiger partial charge in [-0.1, -0.05) is 58.9 Å². The first-order chi connectivity index (χ1) is 17.0. The van der Waals surface area contributed by atoms with Gasteiger partial charge in [0, 0.05) is 28.5 Å². The average molecular weight is 852 g/mol. The third kappa shape index (κ3) is 31.9. The number of hydrogen-bond donors (Lipinski definition) is 0. The van der Waals surface area contributed by atoms with Gasteiger partial charge in [-0.05, 0) is 33.4 Å². The number of carbonyl (C=O) groups is 3. The summed E-state index contributed by atoms with van der Waals surface area (Å²) in [6.07, 6.45) is 3.32. The number of halogens is 4. The molecule has 0 fully saturated rings. The summed E-state index contributed by atoms with van der Waals surface area (Å²) >= 11 is 12.9. The minimum Gasteiger partial charge on any atom is -0.773 e. The van der Waals surface area contributed by atoms with Gasteiger partial charge in [-0.25, -0.2) is 16.8 Å². The quantitative estimate of drug-likeness (QED) is 0.0995. The zero-order valence-electron chi connectivity index (χ0n) is 23.6. The molecule has 0 bridgehead atoms.